The SMILES string of the molecule is COc1cccc(NC(N)=NCC(O)CN2CCOCC2)c1.I. The number of aliphatic hydroxyl groups excluding tert-OH is 1. The van der Waals surface area contributed by atoms with Gasteiger partial charge in [-0.3, -0.25) is 9.89 Å². The number of methoxy groups -OCH3 is 1. The number of rotatable bonds is 6. The lowest BCUT2D eigenvalue weighted by Gasteiger charge is -2.28. The number of β-amino-alcohol motifs (C(OH)–C–C–N with tert-alkyl or cyclic N) is 1. The summed E-state index contributed by atoms with van der Waals surface area (Å²) in [5, 5.41) is 13.0. The summed E-state index contributed by atoms with van der Waals surface area (Å²) in [6.45, 7) is 3.97. The molecule has 7 nitrogen and oxygen atoms in total. The van der Waals surface area contributed by atoms with Gasteiger partial charge in [-0.15, -0.1) is 24.0 Å². The lowest BCUT2D eigenvalue weighted by molar-refractivity contribution is 0.0165. The zero-order chi connectivity index (χ0) is 15.8. The average Bonchev–Trinajstić information content (AvgIpc) is 2.54. The van der Waals surface area contributed by atoms with E-state index in [4.69, 9.17) is 15.2 Å². The minimum Gasteiger partial charge on any atom is -0.497 e. The van der Waals surface area contributed by atoms with Gasteiger partial charge in [-0.05, 0) is 12.1 Å². The van der Waals surface area contributed by atoms with E-state index >= 15 is 0 Å². The molecule has 130 valence electrons. The van der Waals surface area contributed by atoms with Crippen LogP contribution in [0.1, 0.15) is 0 Å². The van der Waals surface area contributed by atoms with Gasteiger partial charge in [-0.2, -0.15) is 0 Å². The molecule has 1 saturated heterocycles. The first-order valence-corrected chi connectivity index (χ1v) is 7.36. The maximum Gasteiger partial charge on any atom is 0.193 e. The fourth-order valence-electron chi connectivity index (χ4n) is 2.23. The average molecular weight is 436 g/mol. The van der Waals surface area contributed by atoms with Crippen LogP contribution in [0.5, 0.6) is 5.75 Å². The van der Waals surface area contributed by atoms with Crippen LogP contribution in [-0.2, 0) is 4.74 Å². The molecule has 23 heavy (non-hydrogen) atoms. The van der Waals surface area contributed by atoms with Crippen LogP contribution in [0.2, 0.25) is 0 Å². The smallest absolute Gasteiger partial charge is 0.193 e. The van der Waals surface area contributed by atoms with E-state index in [9.17, 15) is 5.11 Å². The van der Waals surface area contributed by atoms with E-state index in [2.05, 4.69) is 15.2 Å². The van der Waals surface area contributed by atoms with Crippen LogP contribution < -0.4 is 15.8 Å². The molecule has 8 heteroatoms. The van der Waals surface area contributed by atoms with Crippen molar-refractivity contribution in [2.45, 2.75) is 6.10 Å². The largest absolute Gasteiger partial charge is 0.497 e. The van der Waals surface area contributed by atoms with Gasteiger partial charge in [0.2, 0.25) is 0 Å². The molecule has 1 heterocycles. The van der Waals surface area contributed by atoms with E-state index in [1.54, 1.807) is 7.11 Å². The number of ether oxygens (including phenoxy) is 2. The topological polar surface area (TPSA) is 92.3 Å². The summed E-state index contributed by atoms with van der Waals surface area (Å²) in [6, 6.07) is 7.41. The number of guanidine groups is 1. The fourth-order valence-corrected chi connectivity index (χ4v) is 2.23. The first-order valence-electron chi connectivity index (χ1n) is 7.36. The highest BCUT2D eigenvalue weighted by Gasteiger charge is 2.14. The van der Waals surface area contributed by atoms with Crippen molar-refractivity contribution in [3.63, 3.8) is 0 Å². The number of benzene rings is 1. The highest BCUT2D eigenvalue weighted by Crippen LogP contribution is 2.16. The number of nitrogens with two attached hydrogens (primary N) is 1. The van der Waals surface area contributed by atoms with Gasteiger partial charge in [0.1, 0.15) is 5.75 Å². The molecule has 0 aromatic heterocycles. The molecule has 1 fully saturated rings. The number of nitrogens with one attached hydrogen (secondary N) is 1. The normalized spacial score (nSPS) is 17.2. The van der Waals surface area contributed by atoms with E-state index < -0.39 is 6.10 Å². The number of hydrogen-bond acceptors (Lipinski definition) is 5. The summed E-state index contributed by atoms with van der Waals surface area (Å²) in [4.78, 5) is 6.34. The molecule has 1 aliphatic rings. The molecule has 2 rings (SSSR count). The van der Waals surface area contributed by atoms with Crippen LogP contribution in [0.3, 0.4) is 0 Å². The van der Waals surface area contributed by atoms with E-state index in [-0.39, 0.29) is 36.5 Å². The molecule has 1 unspecified atom stereocenters. The monoisotopic (exact) mass is 436 g/mol. The molecule has 0 amide bonds. The van der Waals surface area contributed by atoms with Crippen LogP contribution in [0.4, 0.5) is 5.69 Å². The van der Waals surface area contributed by atoms with Crippen molar-refractivity contribution in [1.82, 2.24) is 4.90 Å². The molecule has 4 N–H and O–H groups in total. The number of anilines is 1. The Labute approximate surface area is 153 Å². The van der Waals surface area contributed by atoms with Crippen molar-refractivity contribution >= 4 is 35.6 Å². The highest BCUT2D eigenvalue weighted by atomic mass is 127. The molecule has 1 aromatic carbocycles. The summed E-state index contributed by atoms with van der Waals surface area (Å²) in [5.74, 6) is 1.01. The van der Waals surface area contributed by atoms with Crippen molar-refractivity contribution in [2.24, 2.45) is 10.7 Å². The molecule has 0 radical (unpaired) electrons. The van der Waals surface area contributed by atoms with Gasteiger partial charge in [-0.25, -0.2) is 0 Å². The van der Waals surface area contributed by atoms with Crippen LogP contribution in [0, 0.1) is 0 Å². The molecule has 0 saturated carbocycles. The molecule has 0 aliphatic carbocycles. The predicted octanol–water partition coefficient (Wildman–Crippen LogP) is 0.733. The van der Waals surface area contributed by atoms with Crippen LogP contribution in [0.25, 0.3) is 0 Å². The minimum absolute atomic E-state index is 0. The second-order valence-electron chi connectivity index (χ2n) is 5.15. The Morgan fingerprint density at radius 2 is 2.22 bits per heavy atom. The quantitative estimate of drug-likeness (QED) is 0.346. The van der Waals surface area contributed by atoms with Crippen molar-refractivity contribution in [3.8, 4) is 5.75 Å². The second kappa shape index (κ2) is 10.6. The van der Waals surface area contributed by atoms with Crippen molar-refractivity contribution in [1.29, 1.82) is 0 Å². The number of nitrogens with zero attached hydrogens (tertiary/aromatic N) is 2. The van der Waals surface area contributed by atoms with Crippen LogP contribution in [-0.4, -0.2) is 68.6 Å². The van der Waals surface area contributed by atoms with E-state index in [1.807, 2.05) is 24.3 Å². The number of aliphatic hydroxyl groups is 1. The Kier molecular flexibility index (Phi) is 9.22. The van der Waals surface area contributed by atoms with Gasteiger partial charge in [0.05, 0.1) is 33.0 Å². The van der Waals surface area contributed by atoms with Gasteiger partial charge in [0.25, 0.3) is 0 Å². The molecule has 1 aromatic rings. The summed E-state index contributed by atoms with van der Waals surface area (Å²) in [5.41, 5.74) is 6.63. The molecule has 0 bridgehead atoms. The van der Waals surface area contributed by atoms with Gasteiger partial charge < -0.3 is 25.6 Å². The standard InChI is InChI=1S/C15H24N4O3.HI/c1-21-14-4-2-3-12(9-14)18-15(16)17-10-13(20)11-19-5-7-22-8-6-19;/h2-4,9,13,20H,5-8,10-11H2,1H3,(H3,16,17,18);1H. The number of halogens is 1. The maximum absolute atomic E-state index is 10.0. The zero-order valence-electron chi connectivity index (χ0n) is 13.3. The summed E-state index contributed by atoms with van der Waals surface area (Å²) in [6.07, 6.45) is -0.538. The lowest BCUT2D eigenvalue weighted by atomic mass is 10.3. The maximum atomic E-state index is 10.0. The van der Waals surface area contributed by atoms with E-state index in [1.165, 1.54) is 0 Å². The molecule has 1 aliphatic heterocycles. The Morgan fingerprint density at radius 3 is 2.91 bits per heavy atom. The number of morpholine rings is 1. The zero-order valence-corrected chi connectivity index (χ0v) is 15.6. The van der Waals surface area contributed by atoms with Crippen molar-refractivity contribution in [2.75, 3.05) is 51.8 Å². The van der Waals surface area contributed by atoms with E-state index in [0.717, 1.165) is 37.7 Å². The van der Waals surface area contributed by atoms with Crippen molar-refractivity contribution < 1.29 is 14.6 Å². The summed E-state index contributed by atoms with van der Waals surface area (Å²) in [7, 11) is 1.61. The third-order valence-corrected chi connectivity index (χ3v) is 3.39. The molecular formula is C15H25IN4O3. The fraction of sp³-hybridized carbons (Fsp3) is 0.533. The van der Waals surface area contributed by atoms with Gasteiger partial charge >= 0.3 is 0 Å². The van der Waals surface area contributed by atoms with Crippen molar-refractivity contribution in [3.05, 3.63) is 24.3 Å². The lowest BCUT2D eigenvalue weighted by Crippen LogP contribution is -2.42. The second-order valence-corrected chi connectivity index (χ2v) is 5.15. The first kappa shape index (κ1) is 19.9. The van der Waals surface area contributed by atoms with Gasteiger partial charge in [-0.1, -0.05) is 6.07 Å². The first-order chi connectivity index (χ1) is 10.7. The summed E-state index contributed by atoms with van der Waals surface area (Å²) < 4.78 is 10.4. The Morgan fingerprint density at radius 1 is 1.48 bits per heavy atom. The summed E-state index contributed by atoms with van der Waals surface area (Å²) >= 11 is 0. The predicted molar refractivity (Wildman–Crippen MR) is 102 cm³/mol. The third kappa shape index (κ3) is 7.34. The van der Waals surface area contributed by atoms with Crippen LogP contribution in [0.15, 0.2) is 29.3 Å². The molecular weight excluding hydrogens is 411 g/mol. The number of hydrogen-bond donors (Lipinski definition) is 3. The van der Waals surface area contributed by atoms with Crippen LogP contribution >= 0.6 is 24.0 Å². The Hall–Kier alpha value is -1.10. The third-order valence-electron chi connectivity index (χ3n) is 3.39. The molecule has 1 atom stereocenters. The number of aliphatic imine (C=N–C) groups is 1. The molecule has 0 spiro atoms. The minimum atomic E-state index is -0.538. The van der Waals surface area contributed by atoms with Gasteiger partial charge in [0.15, 0.2) is 5.96 Å². The highest BCUT2D eigenvalue weighted by molar-refractivity contribution is 14.0. The Bertz CT molecular complexity index is 495. The van der Waals surface area contributed by atoms with E-state index in [0.29, 0.717) is 6.54 Å². The Balaban J connectivity index is 0.00000264. The van der Waals surface area contributed by atoms with Gasteiger partial charge in [0, 0.05) is 31.4 Å².